The summed E-state index contributed by atoms with van der Waals surface area (Å²) in [7, 11) is 0. The highest BCUT2D eigenvalue weighted by molar-refractivity contribution is 7.99. The summed E-state index contributed by atoms with van der Waals surface area (Å²) in [6.07, 6.45) is 3.02. The fraction of sp³-hybridized carbons (Fsp3) is 1.00. The van der Waals surface area contributed by atoms with Crippen molar-refractivity contribution in [1.82, 2.24) is 0 Å². The van der Waals surface area contributed by atoms with Crippen LogP contribution in [-0.2, 0) is 0 Å². The van der Waals surface area contributed by atoms with Gasteiger partial charge in [-0.15, -0.1) is 0 Å². The number of aliphatic hydroxyl groups excluding tert-OH is 1. The van der Waals surface area contributed by atoms with Crippen LogP contribution in [0, 0.1) is 5.92 Å². The summed E-state index contributed by atoms with van der Waals surface area (Å²) in [6, 6.07) is 0. The Morgan fingerprint density at radius 1 is 1.17 bits per heavy atom. The number of hydrogen-bond donors (Lipinski definition) is 1. The molecule has 0 aromatic heterocycles. The lowest BCUT2D eigenvalue weighted by molar-refractivity contribution is 0.154. The van der Waals surface area contributed by atoms with Crippen molar-refractivity contribution < 1.29 is 5.11 Å². The molecule has 2 heteroatoms. The van der Waals surface area contributed by atoms with Crippen molar-refractivity contribution in [3.8, 4) is 0 Å². The Labute approximate surface area is 80.9 Å². The van der Waals surface area contributed by atoms with Crippen molar-refractivity contribution in [2.24, 2.45) is 5.92 Å². The first-order valence-electron chi connectivity index (χ1n) is 4.92. The minimum absolute atomic E-state index is 0.0635. The average Bonchev–Trinajstić information content (AvgIpc) is 2.01. The molecule has 0 aromatic carbocycles. The predicted molar refractivity (Wildman–Crippen MR) is 57.7 cm³/mol. The maximum absolute atomic E-state index is 9.51. The van der Waals surface area contributed by atoms with Crippen LogP contribution in [0.25, 0.3) is 0 Å². The van der Waals surface area contributed by atoms with Gasteiger partial charge < -0.3 is 5.11 Å². The second-order valence-corrected chi connectivity index (χ2v) is 5.00. The molecule has 1 unspecified atom stereocenters. The summed E-state index contributed by atoms with van der Waals surface area (Å²) in [5, 5.41) is 9.51. The molecule has 0 saturated carbocycles. The molecule has 1 atom stereocenters. The fourth-order valence-corrected chi connectivity index (χ4v) is 1.76. The van der Waals surface area contributed by atoms with Crippen molar-refractivity contribution in [1.29, 1.82) is 0 Å². The van der Waals surface area contributed by atoms with Crippen LogP contribution in [0.5, 0.6) is 0 Å². The molecule has 0 radical (unpaired) electrons. The van der Waals surface area contributed by atoms with Crippen molar-refractivity contribution >= 4 is 11.8 Å². The standard InChI is InChI=1S/C10H22OS/c1-4-12-8-7-10(11)6-5-9(2)3/h9-11H,4-8H2,1-3H3. The highest BCUT2D eigenvalue weighted by atomic mass is 32.2. The van der Waals surface area contributed by atoms with E-state index in [1.807, 2.05) is 11.8 Å². The molecule has 0 rings (SSSR count). The summed E-state index contributed by atoms with van der Waals surface area (Å²) in [5.41, 5.74) is 0. The van der Waals surface area contributed by atoms with E-state index in [2.05, 4.69) is 20.8 Å². The van der Waals surface area contributed by atoms with Crippen LogP contribution in [0.2, 0.25) is 0 Å². The Balaban J connectivity index is 3.15. The van der Waals surface area contributed by atoms with Crippen LogP contribution in [0.4, 0.5) is 0 Å². The summed E-state index contributed by atoms with van der Waals surface area (Å²) >= 11 is 1.91. The van der Waals surface area contributed by atoms with E-state index in [9.17, 15) is 5.11 Å². The van der Waals surface area contributed by atoms with E-state index in [-0.39, 0.29) is 6.10 Å². The zero-order valence-corrected chi connectivity index (χ0v) is 9.36. The van der Waals surface area contributed by atoms with Gasteiger partial charge in [0.2, 0.25) is 0 Å². The number of hydrogen-bond acceptors (Lipinski definition) is 2. The Morgan fingerprint density at radius 2 is 1.83 bits per heavy atom. The third kappa shape index (κ3) is 8.41. The SMILES string of the molecule is CCSCCC(O)CCC(C)C. The van der Waals surface area contributed by atoms with Gasteiger partial charge in [-0.2, -0.15) is 11.8 Å². The summed E-state index contributed by atoms with van der Waals surface area (Å²) < 4.78 is 0. The van der Waals surface area contributed by atoms with Crippen molar-refractivity contribution in [2.75, 3.05) is 11.5 Å². The van der Waals surface area contributed by atoms with Crippen molar-refractivity contribution in [2.45, 2.75) is 46.1 Å². The Kier molecular flexibility index (Phi) is 8.14. The van der Waals surface area contributed by atoms with Crippen LogP contribution < -0.4 is 0 Å². The van der Waals surface area contributed by atoms with Gasteiger partial charge in [0.1, 0.15) is 0 Å². The van der Waals surface area contributed by atoms with Gasteiger partial charge >= 0.3 is 0 Å². The Hall–Kier alpha value is 0.310. The van der Waals surface area contributed by atoms with E-state index >= 15 is 0 Å². The highest BCUT2D eigenvalue weighted by Crippen LogP contribution is 2.11. The molecule has 0 aromatic rings. The van der Waals surface area contributed by atoms with E-state index < -0.39 is 0 Å². The van der Waals surface area contributed by atoms with Crippen LogP contribution in [-0.4, -0.2) is 22.7 Å². The fourth-order valence-electron chi connectivity index (χ4n) is 1.03. The largest absolute Gasteiger partial charge is 0.393 e. The molecule has 0 aliphatic rings. The molecule has 0 amide bonds. The van der Waals surface area contributed by atoms with E-state index in [0.717, 1.165) is 36.7 Å². The number of thioether (sulfide) groups is 1. The van der Waals surface area contributed by atoms with Gasteiger partial charge in [0.25, 0.3) is 0 Å². The lowest BCUT2D eigenvalue weighted by atomic mass is 10.0. The molecule has 0 saturated heterocycles. The lowest BCUT2D eigenvalue weighted by Crippen LogP contribution is -2.08. The van der Waals surface area contributed by atoms with Crippen molar-refractivity contribution in [3.05, 3.63) is 0 Å². The maximum atomic E-state index is 9.51. The summed E-state index contributed by atoms with van der Waals surface area (Å²) in [4.78, 5) is 0. The monoisotopic (exact) mass is 190 g/mol. The van der Waals surface area contributed by atoms with Gasteiger partial charge in [-0.3, -0.25) is 0 Å². The summed E-state index contributed by atoms with van der Waals surface area (Å²) in [5.74, 6) is 2.99. The quantitative estimate of drug-likeness (QED) is 0.623. The van der Waals surface area contributed by atoms with Crippen LogP contribution in [0.1, 0.15) is 40.0 Å². The van der Waals surface area contributed by atoms with E-state index in [1.165, 1.54) is 0 Å². The first-order chi connectivity index (χ1) is 5.66. The average molecular weight is 190 g/mol. The second kappa shape index (κ2) is 7.93. The molecule has 1 N–H and O–H groups in total. The van der Waals surface area contributed by atoms with E-state index in [4.69, 9.17) is 0 Å². The zero-order chi connectivity index (χ0) is 9.40. The van der Waals surface area contributed by atoms with E-state index in [1.54, 1.807) is 0 Å². The molecule has 0 aliphatic heterocycles. The van der Waals surface area contributed by atoms with Gasteiger partial charge in [0.15, 0.2) is 0 Å². The van der Waals surface area contributed by atoms with E-state index in [0.29, 0.717) is 0 Å². The third-order valence-corrected chi connectivity index (χ3v) is 2.81. The van der Waals surface area contributed by atoms with Gasteiger partial charge in [0.05, 0.1) is 6.10 Å². The molecule has 0 bridgehead atoms. The van der Waals surface area contributed by atoms with Gasteiger partial charge in [-0.05, 0) is 36.7 Å². The molecule has 0 spiro atoms. The summed E-state index contributed by atoms with van der Waals surface area (Å²) in [6.45, 7) is 6.56. The van der Waals surface area contributed by atoms with Crippen LogP contribution >= 0.6 is 11.8 Å². The van der Waals surface area contributed by atoms with Gasteiger partial charge in [0, 0.05) is 0 Å². The normalized spacial score (nSPS) is 13.8. The maximum Gasteiger partial charge on any atom is 0.0548 e. The first kappa shape index (κ1) is 12.3. The first-order valence-corrected chi connectivity index (χ1v) is 6.08. The second-order valence-electron chi connectivity index (χ2n) is 3.61. The molecule has 1 nitrogen and oxygen atoms in total. The molecule has 0 heterocycles. The molecule has 0 fully saturated rings. The van der Waals surface area contributed by atoms with Crippen LogP contribution in [0.15, 0.2) is 0 Å². The van der Waals surface area contributed by atoms with Gasteiger partial charge in [-0.25, -0.2) is 0 Å². The molecular weight excluding hydrogens is 168 g/mol. The van der Waals surface area contributed by atoms with Gasteiger partial charge in [-0.1, -0.05) is 20.8 Å². The molecule has 0 aliphatic carbocycles. The zero-order valence-electron chi connectivity index (χ0n) is 8.55. The molecule has 12 heavy (non-hydrogen) atoms. The minimum Gasteiger partial charge on any atom is -0.393 e. The molecular formula is C10H22OS. The lowest BCUT2D eigenvalue weighted by Gasteiger charge is -2.11. The minimum atomic E-state index is -0.0635. The highest BCUT2D eigenvalue weighted by Gasteiger charge is 2.04. The number of rotatable bonds is 7. The third-order valence-electron chi connectivity index (χ3n) is 1.88. The topological polar surface area (TPSA) is 20.2 Å². The smallest absolute Gasteiger partial charge is 0.0548 e. The van der Waals surface area contributed by atoms with Crippen molar-refractivity contribution in [3.63, 3.8) is 0 Å². The number of aliphatic hydroxyl groups is 1. The Bertz CT molecular complexity index is 93.8. The molecule has 74 valence electrons. The predicted octanol–water partition coefficient (Wildman–Crippen LogP) is 2.93. The van der Waals surface area contributed by atoms with Crippen LogP contribution in [0.3, 0.4) is 0 Å². The Morgan fingerprint density at radius 3 is 2.33 bits per heavy atom.